The Kier molecular flexibility index (Phi) is 3.74. The van der Waals surface area contributed by atoms with E-state index in [1.807, 2.05) is 31.2 Å². The van der Waals surface area contributed by atoms with E-state index in [0.29, 0.717) is 0 Å². The molecule has 0 bridgehead atoms. The number of halogens is 1. The molecule has 0 saturated heterocycles. The Labute approximate surface area is 109 Å². The average Bonchev–Trinajstić information content (AvgIpc) is 2.28. The van der Waals surface area contributed by atoms with Crippen LogP contribution in [0.25, 0.3) is 0 Å². The van der Waals surface area contributed by atoms with Gasteiger partial charge < -0.3 is 5.32 Å². The summed E-state index contributed by atoms with van der Waals surface area (Å²) in [4.78, 5) is 8.53. The predicted octanol–water partition coefficient (Wildman–Crippen LogP) is 3.72. The first-order chi connectivity index (χ1) is 8.15. The van der Waals surface area contributed by atoms with E-state index in [0.717, 1.165) is 16.2 Å². The van der Waals surface area contributed by atoms with Gasteiger partial charge in [0.1, 0.15) is 16.2 Å². The molecule has 1 N–H and O–H groups in total. The Hall–Kier alpha value is -1.42. The lowest BCUT2D eigenvalue weighted by molar-refractivity contribution is 0.865. The van der Waals surface area contributed by atoms with Crippen molar-refractivity contribution in [1.82, 2.24) is 9.97 Å². The van der Waals surface area contributed by atoms with Crippen molar-refractivity contribution in [1.29, 1.82) is 0 Å². The van der Waals surface area contributed by atoms with Gasteiger partial charge in [-0.15, -0.1) is 0 Å². The molecule has 17 heavy (non-hydrogen) atoms. The summed E-state index contributed by atoms with van der Waals surface area (Å²) in [6.45, 7) is 3.99. The van der Waals surface area contributed by atoms with Crippen molar-refractivity contribution in [2.45, 2.75) is 19.9 Å². The molecule has 0 fully saturated rings. The van der Waals surface area contributed by atoms with Crippen molar-refractivity contribution >= 4 is 21.7 Å². The summed E-state index contributed by atoms with van der Waals surface area (Å²) in [5, 5.41) is 3.36. The maximum absolute atomic E-state index is 4.35. The number of aryl methyl sites for hydroxylation is 1. The maximum Gasteiger partial charge on any atom is 0.131 e. The molecule has 2 aromatic rings. The minimum absolute atomic E-state index is 0.220. The largest absolute Gasteiger partial charge is 0.363 e. The third-order valence-corrected chi connectivity index (χ3v) is 2.88. The molecule has 1 aromatic heterocycles. The fraction of sp³-hybridized carbons (Fsp3) is 0.231. The molecule has 0 aliphatic heterocycles. The zero-order chi connectivity index (χ0) is 12.3. The van der Waals surface area contributed by atoms with Crippen molar-refractivity contribution in [2.24, 2.45) is 0 Å². The van der Waals surface area contributed by atoms with E-state index in [-0.39, 0.29) is 6.04 Å². The van der Waals surface area contributed by atoms with Gasteiger partial charge in [0.05, 0.1) is 0 Å². The molecule has 0 spiro atoms. The van der Waals surface area contributed by atoms with Crippen LogP contribution in [0.5, 0.6) is 0 Å². The van der Waals surface area contributed by atoms with Crippen LogP contribution in [-0.2, 0) is 0 Å². The minimum atomic E-state index is 0.220. The Balaban J connectivity index is 2.16. The van der Waals surface area contributed by atoms with Gasteiger partial charge in [-0.2, -0.15) is 0 Å². The van der Waals surface area contributed by atoms with Gasteiger partial charge in [-0.05, 0) is 35.3 Å². The van der Waals surface area contributed by atoms with E-state index < -0.39 is 0 Å². The second-order valence-electron chi connectivity index (χ2n) is 3.90. The maximum atomic E-state index is 4.35. The Morgan fingerprint density at radius 2 is 1.88 bits per heavy atom. The third kappa shape index (κ3) is 3.27. The lowest BCUT2D eigenvalue weighted by Gasteiger charge is -2.15. The van der Waals surface area contributed by atoms with E-state index in [1.54, 1.807) is 0 Å². The Morgan fingerprint density at radius 3 is 2.53 bits per heavy atom. The number of anilines is 1. The Morgan fingerprint density at radius 1 is 1.18 bits per heavy atom. The van der Waals surface area contributed by atoms with Crippen molar-refractivity contribution in [2.75, 3.05) is 5.32 Å². The molecule has 0 amide bonds. The van der Waals surface area contributed by atoms with Crippen LogP contribution in [-0.4, -0.2) is 9.97 Å². The summed E-state index contributed by atoms with van der Waals surface area (Å²) in [5.41, 5.74) is 1.24. The molecule has 0 saturated carbocycles. The van der Waals surface area contributed by atoms with Crippen LogP contribution in [0.15, 0.2) is 41.0 Å². The molecule has 1 atom stereocenters. The molecule has 3 nitrogen and oxygen atoms in total. The van der Waals surface area contributed by atoms with Crippen LogP contribution >= 0.6 is 15.9 Å². The van der Waals surface area contributed by atoms with Gasteiger partial charge in [0.25, 0.3) is 0 Å². The minimum Gasteiger partial charge on any atom is -0.363 e. The number of hydrogen-bond donors (Lipinski definition) is 1. The van der Waals surface area contributed by atoms with Gasteiger partial charge in [0, 0.05) is 12.1 Å². The van der Waals surface area contributed by atoms with Gasteiger partial charge in [-0.3, -0.25) is 0 Å². The van der Waals surface area contributed by atoms with Crippen molar-refractivity contribution in [3.8, 4) is 0 Å². The van der Waals surface area contributed by atoms with E-state index in [2.05, 4.69) is 50.3 Å². The number of nitrogens with one attached hydrogen (secondary N) is 1. The summed E-state index contributed by atoms with van der Waals surface area (Å²) in [7, 11) is 0. The lowest BCUT2D eigenvalue weighted by Crippen LogP contribution is -2.08. The molecule has 4 heteroatoms. The first-order valence-corrected chi connectivity index (χ1v) is 6.27. The van der Waals surface area contributed by atoms with E-state index in [9.17, 15) is 0 Å². The summed E-state index contributed by atoms with van der Waals surface area (Å²) >= 11 is 3.37. The van der Waals surface area contributed by atoms with E-state index in [1.165, 1.54) is 5.56 Å². The van der Waals surface area contributed by atoms with Gasteiger partial charge in [0.15, 0.2) is 0 Å². The molecule has 2 rings (SSSR count). The monoisotopic (exact) mass is 291 g/mol. The van der Waals surface area contributed by atoms with Gasteiger partial charge >= 0.3 is 0 Å². The number of rotatable bonds is 3. The van der Waals surface area contributed by atoms with Crippen LogP contribution < -0.4 is 5.32 Å². The third-order valence-electron chi connectivity index (χ3n) is 2.47. The zero-order valence-corrected chi connectivity index (χ0v) is 11.4. The van der Waals surface area contributed by atoms with Gasteiger partial charge in [-0.1, -0.05) is 30.3 Å². The van der Waals surface area contributed by atoms with Gasteiger partial charge in [-0.25, -0.2) is 9.97 Å². The molecule has 0 aliphatic rings. The molecule has 88 valence electrons. The van der Waals surface area contributed by atoms with Crippen LogP contribution in [0.1, 0.15) is 24.4 Å². The molecular weight excluding hydrogens is 278 g/mol. The quantitative estimate of drug-likeness (QED) is 0.876. The zero-order valence-electron chi connectivity index (χ0n) is 9.81. The summed E-state index contributed by atoms with van der Waals surface area (Å²) in [6, 6.07) is 12.4. The van der Waals surface area contributed by atoms with E-state index >= 15 is 0 Å². The van der Waals surface area contributed by atoms with Crippen LogP contribution in [0.2, 0.25) is 0 Å². The lowest BCUT2D eigenvalue weighted by atomic mass is 10.1. The second kappa shape index (κ2) is 5.27. The van der Waals surface area contributed by atoms with Crippen LogP contribution in [0, 0.1) is 6.92 Å². The number of benzene rings is 1. The summed E-state index contributed by atoms with van der Waals surface area (Å²) in [5.74, 6) is 1.59. The fourth-order valence-electron chi connectivity index (χ4n) is 1.65. The summed E-state index contributed by atoms with van der Waals surface area (Å²) in [6.07, 6.45) is 0. The van der Waals surface area contributed by atoms with Crippen molar-refractivity contribution in [3.63, 3.8) is 0 Å². The molecule has 1 aromatic carbocycles. The molecule has 1 unspecified atom stereocenters. The highest BCUT2D eigenvalue weighted by molar-refractivity contribution is 9.10. The molecular formula is C13H14BrN3. The first kappa shape index (κ1) is 12.0. The normalized spacial score (nSPS) is 12.2. The number of aromatic nitrogens is 2. The average molecular weight is 292 g/mol. The SMILES string of the molecule is Cc1nc(Br)cc(NC(C)c2ccccc2)n1. The smallest absolute Gasteiger partial charge is 0.131 e. The molecule has 1 heterocycles. The van der Waals surface area contributed by atoms with Gasteiger partial charge in [0.2, 0.25) is 0 Å². The first-order valence-electron chi connectivity index (χ1n) is 5.48. The fourth-order valence-corrected chi connectivity index (χ4v) is 2.13. The predicted molar refractivity (Wildman–Crippen MR) is 72.9 cm³/mol. The molecule has 0 aliphatic carbocycles. The Bertz CT molecular complexity index is 479. The summed E-state index contributed by atoms with van der Waals surface area (Å²) < 4.78 is 0.799. The second-order valence-corrected chi connectivity index (χ2v) is 4.71. The topological polar surface area (TPSA) is 37.8 Å². The highest BCUT2D eigenvalue weighted by Gasteiger charge is 2.06. The van der Waals surface area contributed by atoms with Crippen LogP contribution in [0.3, 0.4) is 0 Å². The highest BCUT2D eigenvalue weighted by atomic mass is 79.9. The van der Waals surface area contributed by atoms with Crippen molar-refractivity contribution < 1.29 is 0 Å². The molecule has 0 radical (unpaired) electrons. The van der Waals surface area contributed by atoms with E-state index in [4.69, 9.17) is 0 Å². The number of nitrogens with zero attached hydrogens (tertiary/aromatic N) is 2. The van der Waals surface area contributed by atoms with Crippen molar-refractivity contribution in [3.05, 3.63) is 52.4 Å². The van der Waals surface area contributed by atoms with Crippen LogP contribution in [0.4, 0.5) is 5.82 Å². The standard InChI is InChI=1S/C13H14BrN3/c1-9(11-6-4-3-5-7-11)15-13-8-12(14)16-10(2)17-13/h3-9H,1-2H3,(H,15,16,17). The highest BCUT2D eigenvalue weighted by Crippen LogP contribution is 2.19. The number of hydrogen-bond acceptors (Lipinski definition) is 3.